The molecule has 1 aromatic heterocycles. The largest absolute Gasteiger partial charge is 0.324 e. The molecular weight excluding hydrogens is 208 g/mol. The molecule has 2 heteroatoms. The minimum Gasteiger partial charge on any atom is -0.324 e. The van der Waals surface area contributed by atoms with Crippen LogP contribution in [0.15, 0.2) is 36.7 Å². The SMILES string of the molecule is CC(C1CC1)C(N)c1cccc2cnccc12. The topological polar surface area (TPSA) is 38.9 Å². The molecule has 1 aliphatic carbocycles. The van der Waals surface area contributed by atoms with Gasteiger partial charge in [-0.2, -0.15) is 0 Å². The van der Waals surface area contributed by atoms with E-state index in [1.807, 2.05) is 12.4 Å². The van der Waals surface area contributed by atoms with Gasteiger partial charge in [-0.25, -0.2) is 0 Å². The van der Waals surface area contributed by atoms with E-state index in [4.69, 9.17) is 5.73 Å². The van der Waals surface area contributed by atoms with Crippen LogP contribution in [0.3, 0.4) is 0 Å². The number of hydrogen-bond donors (Lipinski definition) is 1. The molecule has 0 saturated heterocycles. The zero-order chi connectivity index (χ0) is 11.8. The second kappa shape index (κ2) is 4.11. The zero-order valence-electron chi connectivity index (χ0n) is 10.1. The number of benzene rings is 1. The summed E-state index contributed by atoms with van der Waals surface area (Å²) in [5, 5.41) is 2.44. The van der Waals surface area contributed by atoms with E-state index >= 15 is 0 Å². The molecule has 1 saturated carbocycles. The van der Waals surface area contributed by atoms with Crippen LogP contribution in [0.1, 0.15) is 31.4 Å². The lowest BCUT2D eigenvalue weighted by Crippen LogP contribution is -2.20. The van der Waals surface area contributed by atoms with E-state index in [1.165, 1.54) is 29.2 Å². The molecule has 2 unspecified atom stereocenters. The van der Waals surface area contributed by atoms with Crippen LogP contribution in [0.4, 0.5) is 0 Å². The molecule has 3 rings (SSSR count). The summed E-state index contributed by atoms with van der Waals surface area (Å²) in [6.07, 6.45) is 6.45. The molecule has 0 spiro atoms. The first-order chi connectivity index (χ1) is 8.27. The summed E-state index contributed by atoms with van der Waals surface area (Å²) >= 11 is 0. The van der Waals surface area contributed by atoms with E-state index in [1.54, 1.807) is 0 Å². The minimum absolute atomic E-state index is 0.147. The molecular formula is C15H18N2. The van der Waals surface area contributed by atoms with Gasteiger partial charge in [-0.3, -0.25) is 4.98 Å². The molecule has 0 amide bonds. The van der Waals surface area contributed by atoms with Crippen molar-refractivity contribution in [1.29, 1.82) is 0 Å². The van der Waals surface area contributed by atoms with Gasteiger partial charge in [0.2, 0.25) is 0 Å². The second-order valence-corrected chi connectivity index (χ2v) is 5.17. The Morgan fingerprint density at radius 2 is 2.12 bits per heavy atom. The van der Waals surface area contributed by atoms with Gasteiger partial charge in [0.15, 0.2) is 0 Å². The van der Waals surface area contributed by atoms with Crippen molar-refractivity contribution in [2.45, 2.75) is 25.8 Å². The van der Waals surface area contributed by atoms with Gasteiger partial charge in [0.1, 0.15) is 0 Å². The predicted molar refractivity (Wildman–Crippen MR) is 70.6 cm³/mol. The van der Waals surface area contributed by atoms with Crippen molar-refractivity contribution >= 4 is 10.8 Å². The van der Waals surface area contributed by atoms with E-state index in [2.05, 4.69) is 36.2 Å². The molecule has 0 radical (unpaired) electrons. The summed E-state index contributed by atoms with van der Waals surface area (Å²) < 4.78 is 0. The van der Waals surface area contributed by atoms with Crippen molar-refractivity contribution in [2.75, 3.05) is 0 Å². The lowest BCUT2D eigenvalue weighted by Gasteiger charge is -2.21. The summed E-state index contributed by atoms with van der Waals surface area (Å²) in [4.78, 5) is 4.16. The number of rotatable bonds is 3. The van der Waals surface area contributed by atoms with Crippen LogP contribution < -0.4 is 5.73 Å². The van der Waals surface area contributed by atoms with Crippen LogP contribution >= 0.6 is 0 Å². The van der Waals surface area contributed by atoms with Gasteiger partial charge >= 0.3 is 0 Å². The third-order valence-electron chi connectivity index (χ3n) is 4.01. The number of fused-ring (bicyclic) bond motifs is 1. The molecule has 88 valence electrons. The van der Waals surface area contributed by atoms with Crippen LogP contribution in [-0.4, -0.2) is 4.98 Å². The molecule has 1 heterocycles. The highest BCUT2D eigenvalue weighted by Gasteiger charge is 2.32. The standard InChI is InChI=1S/C15H18N2/c1-10(11-5-6-11)15(16)14-4-2-3-12-9-17-8-7-13(12)14/h2-4,7-11,15H,5-6,16H2,1H3. The first-order valence-corrected chi connectivity index (χ1v) is 6.35. The average molecular weight is 226 g/mol. The average Bonchev–Trinajstić information content (AvgIpc) is 3.20. The summed E-state index contributed by atoms with van der Waals surface area (Å²) in [6.45, 7) is 2.28. The van der Waals surface area contributed by atoms with E-state index in [-0.39, 0.29) is 6.04 Å². The van der Waals surface area contributed by atoms with Crippen molar-refractivity contribution in [1.82, 2.24) is 4.98 Å². The van der Waals surface area contributed by atoms with Crippen molar-refractivity contribution in [3.63, 3.8) is 0 Å². The van der Waals surface area contributed by atoms with Crippen LogP contribution in [-0.2, 0) is 0 Å². The third kappa shape index (κ3) is 1.93. The highest BCUT2D eigenvalue weighted by atomic mass is 14.7. The molecule has 0 bridgehead atoms. The fraction of sp³-hybridized carbons (Fsp3) is 0.400. The number of aromatic nitrogens is 1. The van der Waals surface area contributed by atoms with E-state index in [9.17, 15) is 0 Å². The fourth-order valence-electron chi connectivity index (χ4n) is 2.64. The Labute approximate surface area is 102 Å². The molecule has 0 aliphatic heterocycles. The molecule has 2 nitrogen and oxygen atoms in total. The monoisotopic (exact) mass is 226 g/mol. The predicted octanol–water partition coefficient (Wildman–Crippen LogP) is 3.28. The van der Waals surface area contributed by atoms with E-state index in [0.29, 0.717) is 5.92 Å². The van der Waals surface area contributed by atoms with Gasteiger partial charge < -0.3 is 5.73 Å². The highest BCUT2D eigenvalue weighted by molar-refractivity contribution is 5.85. The Balaban J connectivity index is 2.03. The first-order valence-electron chi connectivity index (χ1n) is 6.35. The maximum absolute atomic E-state index is 6.43. The molecule has 17 heavy (non-hydrogen) atoms. The van der Waals surface area contributed by atoms with Gasteiger partial charge in [0, 0.05) is 23.8 Å². The quantitative estimate of drug-likeness (QED) is 0.872. The minimum atomic E-state index is 0.147. The summed E-state index contributed by atoms with van der Waals surface area (Å²) in [5.41, 5.74) is 7.69. The highest BCUT2D eigenvalue weighted by Crippen LogP contribution is 2.42. The van der Waals surface area contributed by atoms with Crippen molar-refractivity contribution in [3.05, 3.63) is 42.2 Å². The lowest BCUT2D eigenvalue weighted by atomic mass is 9.89. The second-order valence-electron chi connectivity index (χ2n) is 5.17. The Morgan fingerprint density at radius 1 is 1.29 bits per heavy atom. The first kappa shape index (κ1) is 10.7. The normalized spacial score (nSPS) is 19.2. The Bertz CT molecular complexity index is 526. The Hall–Kier alpha value is -1.41. The summed E-state index contributed by atoms with van der Waals surface area (Å²) in [7, 11) is 0. The zero-order valence-corrected chi connectivity index (χ0v) is 10.1. The van der Waals surface area contributed by atoms with Gasteiger partial charge in [-0.1, -0.05) is 25.1 Å². The molecule has 1 fully saturated rings. The molecule has 1 aromatic carbocycles. The van der Waals surface area contributed by atoms with Crippen molar-refractivity contribution in [3.8, 4) is 0 Å². The van der Waals surface area contributed by atoms with Crippen LogP contribution in [0.25, 0.3) is 10.8 Å². The van der Waals surface area contributed by atoms with Crippen molar-refractivity contribution < 1.29 is 0 Å². The smallest absolute Gasteiger partial charge is 0.0346 e. The Kier molecular flexibility index (Phi) is 2.60. The van der Waals surface area contributed by atoms with Gasteiger partial charge in [-0.15, -0.1) is 0 Å². The Morgan fingerprint density at radius 3 is 2.88 bits per heavy atom. The molecule has 2 N–H and O–H groups in total. The fourth-order valence-corrected chi connectivity index (χ4v) is 2.64. The summed E-state index contributed by atoms with van der Waals surface area (Å²) in [6, 6.07) is 8.56. The number of hydrogen-bond acceptors (Lipinski definition) is 2. The van der Waals surface area contributed by atoms with Gasteiger partial charge in [-0.05, 0) is 41.7 Å². The van der Waals surface area contributed by atoms with Gasteiger partial charge in [0.05, 0.1) is 0 Å². The third-order valence-corrected chi connectivity index (χ3v) is 4.01. The number of nitrogens with two attached hydrogens (primary N) is 1. The van der Waals surface area contributed by atoms with Gasteiger partial charge in [0.25, 0.3) is 0 Å². The van der Waals surface area contributed by atoms with E-state index in [0.717, 1.165) is 5.92 Å². The maximum Gasteiger partial charge on any atom is 0.0346 e. The van der Waals surface area contributed by atoms with Crippen LogP contribution in [0.5, 0.6) is 0 Å². The molecule has 1 aliphatic rings. The van der Waals surface area contributed by atoms with Crippen molar-refractivity contribution in [2.24, 2.45) is 17.6 Å². The number of pyridine rings is 1. The maximum atomic E-state index is 6.43. The summed E-state index contributed by atoms with van der Waals surface area (Å²) in [5.74, 6) is 1.41. The lowest BCUT2D eigenvalue weighted by molar-refractivity contribution is 0.419. The van der Waals surface area contributed by atoms with E-state index < -0.39 is 0 Å². The van der Waals surface area contributed by atoms with Crippen LogP contribution in [0.2, 0.25) is 0 Å². The van der Waals surface area contributed by atoms with Crippen LogP contribution in [0, 0.1) is 11.8 Å². The molecule has 2 aromatic rings. The molecule has 2 atom stereocenters. The number of nitrogens with zero attached hydrogens (tertiary/aromatic N) is 1.